The summed E-state index contributed by atoms with van der Waals surface area (Å²) >= 11 is 0. The summed E-state index contributed by atoms with van der Waals surface area (Å²) in [4.78, 5) is 22.4. The van der Waals surface area contributed by atoms with Crippen LogP contribution >= 0.6 is 0 Å². The number of methoxy groups -OCH3 is 1. The predicted molar refractivity (Wildman–Crippen MR) is 113 cm³/mol. The maximum absolute atomic E-state index is 12.9. The van der Waals surface area contributed by atoms with Gasteiger partial charge in [0.15, 0.2) is 5.65 Å². The molecule has 0 radical (unpaired) electrons. The lowest BCUT2D eigenvalue weighted by molar-refractivity contribution is 0.0338. The summed E-state index contributed by atoms with van der Waals surface area (Å²) in [6.45, 7) is 3.80. The molecule has 0 saturated heterocycles. The van der Waals surface area contributed by atoms with E-state index in [4.69, 9.17) is 20.2 Å². The Balaban J connectivity index is 1.99. The van der Waals surface area contributed by atoms with Crippen molar-refractivity contribution in [3.63, 3.8) is 0 Å². The molecule has 2 heterocycles. The number of nitrogen functional groups attached to an aromatic ring is 1. The molecule has 0 saturated carbocycles. The van der Waals surface area contributed by atoms with Gasteiger partial charge in [-0.05, 0) is 49.7 Å². The maximum atomic E-state index is 12.9. The number of nitrogens with two attached hydrogens (primary N) is 1. The molecule has 0 amide bonds. The van der Waals surface area contributed by atoms with Gasteiger partial charge in [-0.15, -0.1) is 0 Å². The van der Waals surface area contributed by atoms with Gasteiger partial charge in [-0.3, -0.25) is 4.57 Å². The van der Waals surface area contributed by atoms with Crippen molar-refractivity contribution in [1.29, 1.82) is 0 Å². The van der Waals surface area contributed by atoms with E-state index in [1.165, 1.54) is 0 Å². The lowest BCUT2D eigenvalue weighted by Gasteiger charge is -2.11. The molecule has 0 fully saturated rings. The van der Waals surface area contributed by atoms with E-state index in [-0.39, 0.29) is 17.5 Å². The number of carbonyl (C=O) groups is 1. The number of hydrogen-bond acceptors (Lipinski definition) is 6. The van der Waals surface area contributed by atoms with Crippen LogP contribution in [-0.4, -0.2) is 33.7 Å². The molecule has 7 heteroatoms. The topological polar surface area (TPSA) is 92.3 Å². The van der Waals surface area contributed by atoms with Gasteiger partial charge in [-0.1, -0.05) is 19.1 Å². The minimum Gasteiger partial charge on any atom is -0.497 e. The lowest BCUT2D eigenvalue weighted by Crippen LogP contribution is -2.15. The zero-order valence-corrected chi connectivity index (χ0v) is 16.5. The number of benzene rings is 2. The molecule has 0 aliphatic rings. The molecule has 2 aromatic carbocycles. The van der Waals surface area contributed by atoms with Crippen molar-refractivity contribution in [2.24, 2.45) is 0 Å². The molecule has 29 heavy (non-hydrogen) atoms. The summed E-state index contributed by atoms with van der Waals surface area (Å²) in [5.41, 5.74) is 9.76. The molecule has 4 rings (SSSR count). The second kappa shape index (κ2) is 7.43. The van der Waals surface area contributed by atoms with E-state index < -0.39 is 5.97 Å². The van der Waals surface area contributed by atoms with E-state index in [1.54, 1.807) is 11.7 Å². The van der Waals surface area contributed by atoms with Crippen LogP contribution in [0.25, 0.3) is 27.9 Å². The highest BCUT2D eigenvalue weighted by atomic mass is 16.5. The van der Waals surface area contributed by atoms with Crippen LogP contribution in [0.5, 0.6) is 5.75 Å². The highest BCUT2D eigenvalue weighted by molar-refractivity contribution is 6.09. The van der Waals surface area contributed by atoms with Crippen molar-refractivity contribution in [2.45, 2.75) is 26.4 Å². The molecule has 0 unspecified atom stereocenters. The number of ether oxygens (including phenoxy) is 2. The Kier molecular flexibility index (Phi) is 4.80. The minimum absolute atomic E-state index is 0.227. The van der Waals surface area contributed by atoms with Crippen molar-refractivity contribution in [2.75, 3.05) is 12.8 Å². The van der Waals surface area contributed by atoms with Gasteiger partial charge in [0.1, 0.15) is 22.6 Å². The zero-order valence-electron chi connectivity index (χ0n) is 16.5. The van der Waals surface area contributed by atoms with Crippen LogP contribution in [0, 0.1) is 0 Å². The number of rotatable bonds is 5. The molecule has 148 valence electrons. The van der Waals surface area contributed by atoms with E-state index in [0.717, 1.165) is 11.4 Å². The van der Waals surface area contributed by atoms with Crippen LogP contribution in [0.1, 0.15) is 30.6 Å². The van der Waals surface area contributed by atoms with Gasteiger partial charge in [0.2, 0.25) is 0 Å². The molecule has 4 aromatic rings. The van der Waals surface area contributed by atoms with Crippen molar-refractivity contribution in [3.8, 4) is 11.4 Å². The molecule has 0 aliphatic carbocycles. The number of nitrogens with zero attached hydrogens (tertiary/aromatic N) is 3. The van der Waals surface area contributed by atoms with Crippen molar-refractivity contribution in [1.82, 2.24) is 14.5 Å². The van der Waals surface area contributed by atoms with Crippen molar-refractivity contribution in [3.05, 3.63) is 54.1 Å². The van der Waals surface area contributed by atoms with E-state index >= 15 is 0 Å². The molecular weight excluding hydrogens is 368 g/mol. The number of aromatic nitrogens is 3. The number of carbonyl (C=O) groups excluding carboxylic acids is 1. The van der Waals surface area contributed by atoms with E-state index in [1.807, 2.05) is 62.4 Å². The van der Waals surface area contributed by atoms with Gasteiger partial charge < -0.3 is 15.2 Å². The smallest absolute Gasteiger partial charge is 0.344 e. The Morgan fingerprint density at radius 3 is 2.38 bits per heavy atom. The lowest BCUT2D eigenvalue weighted by atomic mass is 10.2. The zero-order chi connectivity index (χ0) is 20.5. The van der Waals surface area contributed by atoms with E-state index in [2.05, 4.69) is 4.98 Å². The Labute approximate surface area is 168 Å². The monoisotopic (exact) mass is 390 g/mol. The SMILES string of the molecule is CC[C@H](C)OC(=O)c1c(N)n(-c2ccc(OC)cc2)c2nc3ccccc3nc12. The van der Waals surface area contributed by atoms with E-state index in [9.17, 15) is 4.79 Å². The average molecular weight is 390 g/mol. The number of esters is 1. The van der Waals surface area contributed by atoms with Crippen LogP contribution in [0.15, 0.2) is 48.5 Å². The van der Waals surface area contributed by atoms with Crippen molar-refractivity contribution < 1.29 is 14.3 Å². The average Bonchev–Trinajstić information content (AvgIpc) is 3.02. The molecule has 2 N–H and O–H groups in total. The van der Waals surface area contributed by atoms with Crippen LogP contribution in [-0.2, 0) is 4.74 Å². The van der Waals surface area contributed by atoms with Crippen LogP contribution < -0.4 is 10.5 Å². The van der Waals surface area contributed by atoms with E-state index in [0.29, 0.717) is 28.6 Å². The first-order chi connectivity index (χ1) is 14.0. The fourth-order valence-electron chi connectivity index (χ4n) is 3.18. The Hall–Kier alpha value is -3.61. The standard InChI is InChI=1S/C22H22N4O3/c1-4-13(2)29-22(27)18-19-21(25-17-8-6-5-7-16(17)24-19)26(20(18)23)14-9-11-15(28-3)12-10-14/h5-13H,4,23H2,1-3H3/t13-/m0/s1. The molecule has 2 aromatic heterocycles. The van der Waals surface area contributed by atoms with Gasteiger partial charge in [0.25, 0.3) is 0 Å². The summed E-state index contributed by atoms with van der Waals surface area (Å²) in [6, 6.07) is 14.9. The highest BCUT2D eigenvalue weighted by Crippen LogP contribution is 2.32. The quantitative estimate of drug-likeness (QED) is 0.515. The van der Waals surface area contributed by atoms with Crippen molar-refractivity contribution >= 4 is 34.0 Å². The van der Waals surface area contributed by atoms with Gasteiger partial charge >= 0.3 is 5.97 Å². The molecule has 7 nitrogen and oxygen atoms in total. The largest absolute Gasteiger partial charge is 0.497 e. The van der Waals surface area contributed by atoms with Gasteiger partial charge in [0.05, 0.1) is 24.2 Å². The predicted octanol–water partition coefficient (Wildman–Crippen LogP) is 4.12. The normalized spacial score (nSPS) is 12.2. The second-order valence-electron chi connectivity index (χ2n) is 6.80. The minimum atomic E-state index is -0.501. The van der Waals surface area contributed by atoms with Gasteiger partial charge in [-0.25, -0.2) is 14.8 Å². The fourth-order valence-corrected chi connectivity index (χ4v) is 3.18. The molecule has 0 aliphatic heterocycles. The second-order valence-corrected chi connectivity index (χ2v) is 6.80. The highest BCUT2D eigenvalue weighted by Gasteiger charge is 2.26. The van der Waals surface area contributed by atoms with Crippen LogP contribution in [0.3, 0.4) is 0 Å². The Morgan fingerprint density at radius 2 is 1.76 bits per heavy atom. The number of hydrogen-bond donors (Lipinski definition) is 1. The van der Waals surface area contributed by atoms with Gasteiger partial charge in [0, 0.05) is 5.69 Å². The number of para-hydroxylation sites is 2. The summed E-state index contributed by atoms with van der Waals surface area (Å²) in [5, 5.41) is 0. The first kappa shape index (κ1) is 18.7. The summed E-state index contributed by atoms with van der Waals surface area (Å²) in [5.74, 6) is 0.462. The van der Waals surface area contributed by atoms with Gasteiger partial charge in [-0.2, -0.15) is 0 Å². The molecule has 1 atom stereocenters. The summed E-state index contributed by atoms with van der Waals surface area (Å²) in [6.07, 6.45) is 0.479. The Morgan fingerprint density at radius 1 is 1.10 bits per heavy atom. The fraction of sp³-hybridized carbons (Fsp3) is 0.227. The Bertz CT molecular complexity index is 1200. The number of fused-ring (bicyclic) bond motifs is 2. The first-order valence-electron chi connectivity index (χ1n) is 9.45. The first-order valence-corrected chi connectivity index (χ1v) is 9.45. The third kappa shape index (κ3) is 3.24. The van der Waals surface area contributed by atoms with Crippen LogP contribution in [0.4, 0.5) is 5.82 Å². The molecular formula is C22H22N4O3. The number of anilines is 1. The van der Waals surface area contributed by atoms with Crippen LogP contribution in [0.2, 0.25) is 0 Å². The third-order valence-corrected chi connectivity index (χ3v) is 4.92. The molecule has 0 bridgehead atoms. The summed E-state index contributed by atoms with van der Waals surface area (Å²) in [7, 11) is 1.61. The summed E-state index contributed by atoms with van der Waals surface area (Å²) < 4.78 is 12.5. The molecule has 0 spiro atoms. The third-order valence-electron chi connectivity index (χ3n) is 4.92. The maximum Gasteiger partial charge on any atom is 0.344 e.